The van der Waals surface area contributed by atoms with Crippen molar-refractivity contribution in [3.63, 3.8) is 0 Å². The molecule has 3 rings (SSSR count). The molecule has 7 heteroatoms. The summed E-state index contributed by atoms with van der Waals surface area (Å²) < 4.78 is 11.2. The fourth-order valence-corrected chi connectivity index (χ4v) is 2.52. The quantitative estimate of drug-likeness (QED) is 0.912. The van der Waals surface area contributed by atoms with Crippen LogP contribution in [-0.2, 0) is 0 Å². The van der Waals surface area contributed by atoms with Crippen molar-refractivity contribution >= 4 is 11.7 Å². The molecular formula is C16H18N4O3. The van der Waals surface area contributed by atoms with E-state index in [1.807, 2.05) is 0 Å². The molecule has 0 unspecified atom stereocenters. The van der Waals surface area contributed by atoms with E-state index in [0.717, 1.165) is 25.7 Å². The number of pyridine rings is 1. The van der Waals surface area contributed by atoms with Gasteiger partial charge in [0.2, 0.25) is 0 Å². The number of anilines is 1. The zero-order valence-corrected chi connectivity index (χ0v) is 12.9. The van der Waals surface area contributed by atoms with E-state index in [2.05, 4.69) is 20.3 Å². The van der Waals surface area contributed by atoms with Crippen molar-refractivity contribution in [2.45, 2.75) is 31.8 Å². The molecule has 1 amide bonds. The highest BCUT2D eigenvalue weighted by Crippen LogP contribution is 2.31. The van der Waals surface area contributed by atoms with E-state index in [9.17, 15) is 4.79 Å². The van der Waals surface area contributed by atoms with E-state index in [4.69, 9.17) is 9.47 Å². The molecule has 7 nitrogen and oxygen atoms in total. The Morgan fingerprint density at radius 2 is 2.00 bits per heavy atom. The Labute approximate surface area is 134 Å². The van der Waals surface area contributed by atoms with Gasteiger partial charge in [-0.2, -0.15) is 0 Å². The molecule has 1 N–H and O–H groups in total. The van der Waals surface area contributed by atoms with E-state index in [1.54, 1.807) is 13.2 Å². The van der Waals surface area contributed by atoms with Gasteiger partial charge in [-0.3, -0.25) is 9.78 Å². The molecule has 120 valence electrons. The van der Waals surface area contributed by atoms with Crippen LogP contribution in [0.1, 0.15) is 36.2 Å². The topological polar surface area (TPSA) is 86.2 Å². The molecule has 0 aromatic carbocycles. The fourth-order valence-electron chi connectivity index (χ4n) is 2.52. The number of hydrogen-bond acceptors (Lipinski definition) is 6. The third-order valence-electron chi connectivity index (χ3n) is 3.68. The maximum Gasteiger partial charge on any atom is 0.275 e. The number of amides is 1. The van der Waals surface area contributed by atoms with Crippen molar-refractivity contribution in [1.29, 1.82) is 0 Å². The van der Waals surface area contributed by atoms with Gasteiger partial charge in [0.25, 0.3) is 5.91 Å². The standard InChI is InChI=1S/C16H18N4O3/c1-22-14-9-19-12(8-13(14)23-11-4-2-3-5-11)16(21)20-15-10-17-6-7-18-15/h6-11H,2-5H2,1H3,(H,18,20,21). The molecule has 2 aromatic rings. The Bertz CT molecular complexity index is 672. The Balaban J connectivity index is 1.77. The summed E-state index contributed by atoms with van der Waals surface area (Å²) in [5.74, 6) is 1.06. The van der Waals surface area contributed by atoms with Gasteiger partial charge < -0.3 is 14.8 Å². The summed E-state index contributed by atoms with van der Waals surface area (Å²) in [7, 11) is 1.55. The summed E-state index contributed by atoms with van der Waals surface area (Å²) in [4.78, 5) is 24.3. The van der Waals surface area contributed by atoms with Crippen molar-refractivity contribution in [2.24, 2.45) is 0 Å². The van der Waals surface area contributed by atoms with Crippen LogP contribution in [0.4, 0.5) is 5.82 Å². The zero-order valence-electron chi connectivity index (χ0n) is 12.9. The van der Waals surface area contributed by atoms with Crippen LogP contribution in [0.2, 0.25) is 0 Å². The minimum Gasteiger partial charge on any atom is -0.491 e. The Hall–Kier alpha value is -2.70. The maximum absolute atomic E-state index is 12.3. The summed E-state index contributed by atoms with van der Waals surface area (Å²) in [6.07, 6.45) is 10.5. The van der Waals surface area contributed by atoms with Gasteiger partial charge in [-0.1, -0.05) is 0 Å². The van der Waals surface area contributed by atoms with Gasteiger partial charge in [-0.25, -0.2) is 9.97 Å². The van der Waals surface area contributed by atoms with Crippen LogP contribution in [0.25, 0.3) is 0 Å². The minimum absolute atomic E-state index is 0.169. The van der Waals surface area contributed by atoms with Gasteiger partial charge in [0.1, 0.15) is 5.69 Å². The Morgan fingerprint density at radius 3 is 2.70 bits per heavy atom. The van der Waals surface area contributed by atoms with E-state index in [1.165, 1.54) is 24.8 Å². The molecule has 23 heavy (non-hydrogen) atoms. The predicted octanol–water partition coefficient (Wildman–Crippen LogP) is 2.45. The van der Waals surface area contributed by atoms with Crippen molar-refractivity contribution in [3.8, 4) is 11.5 Å². The first-order chi connectivity index (χ1) is 11.3. The minimum atomic E-state index is -0.371. The maximum atomic E-state index is 12.3. The number of aromatic nitrogens is 3. The smallest absolute Gasteiger partial charge is 0.275 e. The number of nitrogens with zero attached hydrogens (tertiary/aromatic N) is 3. The first-order valence-corrected chi connectivity index (χ1v) is 7.54. The van der Waals surface area contributed by atoms with Gasteiger partial charge in [-0.05, 0) is 25.7 Å². The second-order valence-electron chi connectivity index (χ2n) is 5.29. The third kappa shape index (κ3) is 3.74. The Kier molecular flexibility index (Phi) is 4.65. The fraction of sp³-hybridized carbons (Fsp3) is 0.375. The highest BCUT2D eigenvalue weighted by Gasteiger charge is 2.20. The molecule has 1 saturated carbocycles. The average molecular weight is 314 g/mol. The number of rotatable bonds is 5. The van der Waals surface area contributed by atoms with Crippen LogP contribution < -0.4 is 14.8 Å². The largest absolute Gasteiger partial charge is 0.491 e. The van der Waals surface area contributed by atoms with Crippen LogP contribution in [-0.4, -0.2) is 34.1 Å². The summed E-state index contributed by atoms with van der Waals surface area (Å²) in [5, 5.41) is 2.65. The molecule has 0 radical (unpaired) electrons. The number of hydrogen-bond donors (Lipinski definition) is 1. The first-order valence-electron chi connectivity index (χ1n) is 7.54. The van der Waals surface area contributed by atoms with Crippen LogP contribution in [0.3, 0.4) is 0 Å². The van der Waals surface area contributed by atoms with Gasteiger partial charge in [0.05, 0.1) is 25.6 Å². The first kappa shape index (κ1) is 15.2. The van der Waals surface area contributed by atoms with Crippen LogP contribution >= 0.6 is 0 Å². The summed E-state index contributed by atoms with van der Waals surface area (Å²) in [6, 6.07) is 1.60. The molecule has 0 atom stereocenters. The van der Waals surface area contributed by atoms with E-state index >= 15 is 0 Å². The van der Waals surface area contributed by atoms with Crippen molar-refractivity contribution in [3.05, 3.63) is 36.5 Å². The number of carbonyl (C=O) groups is 1. The molecule has 0 saturated heterocycles. The summed E-state index contributed by atoms with van der Waals surface area (Å²) in [5.41, 5.74) is 0.240. The summed E-state index contributed by atoms with van der Waals surface area (Å²) >= 11 is 0. The summed E-state index contributed by atoms with van der Waals surface area (Å²) in [6.45, 7) is 0. The van der Waals surface area contributed by atoms with Gasteiger partial charge in [0, 0.05) is 18.5 Å². The zero-order chi connectivity index (χ0) is 16.1. The van der Waals surface area contributed by atoms with E-state index in [-0.39, 0.29) is 17.7 Å². The second kappa shape index (κ2) is 7.04. The molecule has 0 aliphatic heterocycles. The SMILES string of the molecule is COc1cnc(C(=O)Nc2cnccn2)cc1OC1CCCC1. The van der Waals surface area contributed by atoms with Crippen LogP contribution in [0.5, 0.6) is 11.5 Å². The molecule has 0 spiro atoms. The second-order valence-corrected chi connectivity index (χ2v) is 5.29. The predicted molar refractivity (Wildman–Crippen MR) is 83.7 cm³/mol. The lowest BCUT2D eigenvalue weighted by molar-refractivity contribution is 0.102. The number of ether oxygens (including phenoxy) is 2. The highest BCUT2D eigenvalue weighted by atomic mass is 16.5. The number of nitrogens with one attached hydrogen (secondary N) is 1. The van der Waals surface area contributed by atoms with Crippen molar-refractivity contribution in [2.75, 3.05) is 12.4 Å². The van der Waals surface area contributed by atoms with Crippen LogP contribution in [0.15, 0.2) is 30.9 Å². The highest BCUT2D eigenvalue weighted by molar-refractivity contribution is 6.02. The lowest BCUT2D eigenvalue weighted by Crippen LogP contribution is -2.16. The van der Waals surface area contributed by atoms with Crippen molar-refractivity contribution < 1.29 is 14.3 Å². The molecule has 1 aliphatic rings. The van der Waals surface area contributed by atoms with Crippen molar-refractivity contribution in [1.82, 2.24) is 15.0 Å². The Morgan fingerprint density at radius 1 is 1.17 bits per heavy atom. The molecule has 2 aromatic heterocycles. The molecular weight excluding hydrogens is 296 g/mol. The lowest BCUT2D eigenvalue weighted by atomic mass is 10.2. The van der Waals surface area contributed by atoms with E-state index in [0.29, 0.717) is 17.3 Å². The third-order valence-corrected chi connectivity index (χ3v) is 3.68. The van der Waals surface area contributed by atoms with E-state index < -0.39 is 0 Å². The normalized spacial score (nSPS) is 14.5. The van der Waals surface area contributed by atoms with Crippen LogP contribution in [0, 0.1) is 0 Å². The van der Waals surface area contributed by atoms with Gasteiger partial charge in [-0.15, -0.1) is 0 Å². The molecule has 2 heterocycles. The van der Waals surface area contributed by atoms with Gasteiger partial charge >= 0.3 is 0 Å². The monoisotopic (exact) mass is 314 g/mol. The number of carbonyl (C=O) groups excluding carboxylic acids is 1. The average Bonchev–Trinajstić information content (AvgIpc) is 3.09. The van der Waals surface area contributed by atoms with Gasteiger partial charge in [0.15, 0.2) is 17.3 Å². The molecule has 1 fully saturated rings. The number of methoxy groups -OCH3 is 1. The lowest BCUT2D eigenvalue weighted by Gasteiger charge is -2.16. The molecule has 0 bridgehead atoms. The molecule has 1 aliphatic carbocycles.